The molecule has 1 heterocycles. The zero-order valence-corrected chi connectivity index (χ0v) is 16.5. The first kappa shape index (κ1) is 20.7. The maximum Gasteiger partial charge on any atom is 0.323 e. The second-order valence-corrected chi connectivity index (χ2v) is 7.08. The van der Waals surface area contributed by atoms with E-state index in [0.717, 1.165) is 5.56 Å². The second-order valence-electron chi connectivity index (χ2n) is 7.08. The lowest BCUT2D eigenvalue weighted by Gasteiger charge is -2.43. The molecule has 0 radical (unpaired) electrons. The standard InChI is InChI=1S/C22H24N2O5/c1-3-29-22(26)21-14-17(25)13-20(18-11-7-8-12-19(18)24(27)28)23(21)15(2)16-9-5-4-6-10-16/h4-12,15,20-21H,3,13-14H2,1-2H3/t15-,20-,21-/m1/s1. The summed E-state index contributed by atoms with van der Waals surface area (Å²) in [6.45, 7) is 3.86. The van der Waals surface area contributed by atoms with Gasteiger partial charge in [0.15, 0.2) is 0 Å². The fourth-order valence-electron chi connectivity index (χ4n) is 4.04. The highest BCUT2D eigenvalue weighted by Gasteiger charge is 2.44. The van der Waals surface area contributed by atoms with Gasteiger partial charge >= 0.3 is 5.97 Å². The van der Waals surface area contributed by atoms with E-state index >= 15 is 0 Å². The Morgan fingerprint density at radius 3 is 2.48 bits per heavy atom. The van der Waals surface area contributed by atoms with E-state index in [1.807, 2.05) is 42.2 Å². The molecule has 0 unspecified atom stereocenters. The van der Waals surface area contributed by atoms with Gasteiger partial charge in [-0.2, -0.15) is 0 Å². The highest BCUT2D eigenvalue weighted by Crippen LogP contribution is 2.42. The van der Waals surface area contributed by atoms with Crippen molar-refractivity contribution in [3.63, 3.8) is 0 Å². The Bertz CT molecular complexity index is 899. The average molecular weight is 396 g/mol. The Morgan fingerprint density at radius 1 is 1.17 bits per heavy atom. The van der Waals surface area contributed by atoms with Crippen LogP contribution in [-0.4, -0.2) is 34.2 Å². The molecule has 0 aliphatic carbocycles. The van der Waals surface area contributed by atoms with E-state index in [9.17, 15) is 19.7 Å². The zero-order valence-electron chi connectivity index (χ0n) is 16.5. The maximum atomic E-state index is 12.7. The fourth-order valence-corrected chi connectivity index (χ4v) is 4.04. The summed E-state index contributed by atoms with van der Waals surface area (Å²) in [7, 11) is 0. The van der Waals surface area contributed by atoms with Crippen LogP contribution in [0.1, 0.15) is 49.9 Å². The minimum Gasteiger partial charge on any atom is -0.465 e. The Morgan fingerprint density at radius 2 is 1.83 bits per heavy atom. The first-order chi connectivity index (χ1) is 13.9. The number of nitrogens with zero attached hydrogens (tertiary/aromatic N) is 2. The van der Waals surface area contributed by atoms with Crippen LogP contribution in [0.2, 0.25) is 0 Å². The predicted octanol–water partition coefficient (Wildman–Crippen LogP) is 3.99. The van der Waals surface area contributed by atoms with Crippen LogP contribution in [0.25, 0.3) is 0 Å². The van der Waals surface area contributed by atoms with Gasteiger partial charge in [0, 0.05) is 36.6 Å². The molecule has 152 valence electrons. The number of esters is 1. The van der Waals surface area contributed by atoms with Crippen molar-refractivity contribution in [2.24, 2.45) is 0 Å². The van der Waals surface area contributed by atoms with Gasteiger partial charge in [0.05, 0.1) is 11.5 Å². The topological polar surface area (TPSA) is 89.8 Å². The van der Waals surface area contributed by atoms with Crippen LogP contribution in [0.5, 0.6) is 0 Å². The first-order valence-electron chi connectivity index (χ1n) is 9.68. The van der Waals surface area contributed by atoms with Gasteiger partial charge in [-0.3, -0.25) is 24.6 Å². The number of ether oxygens (including phenoxy) is 1. The number of nitro benzene ring substituents is 1. The summed E-state index contributed by atoms with van der Waals surface area (Å²) < 4.78 is 5.24. The van der Waals surface area contributed by atoms with Crippen molar-refractivity contribution in [3.05, 3.63) is 75.8 Å². The molecule has 1 fully saturated rings. The van der Waals surface area contributed by atoms with Gasteiger partial charge in [-0.25, -0.2) is 0 Å². The lowest BCUT2D eigenvalue weighted by Crippen LogP contribution is -2.50. The van der Waals surface area contributed by atoms with Gasteiger partial charge in [-0.15, -0.1) is 0 Å². The molecule has 2 aromatic carbocycles. The van der Waals surface area contributed by atoms with Gasteiger partial charge in [0.25, 0.3) is 5.69 Å². The molecule has 3 atom stereocenters. The summed E-state index contributed by atoms with van der Waals surface area (Å²) in [5, 5.41) is 11.6. The van der Waals surface area contributed by atoms with Crippen molar-refractivity contribution in [3.8, 4) is 0 Å². The van der Waals surface area contributed by atoms with Crippen molar-refractivity contribution in [1.29, 1.82) is 0 Å². The predicted molar refractivity (Wildman–Crippen MR) is 107 cm³/mol. The van der Waals surface area contributed by atoms with E-state index in [0.29, 0.717) is 5.56 Å². The quantitative estimate of drug-likeness (QED) is 0.417. The number of carbonyl (C=O) groups excluding carboxylic acids is 2. The molecule has 0 aromatic heterocycles. The number of benzene rings is 2. The molecule has 1 saturated heterocycles. The van der Waals surface area contributed by atoms with E-state index < -0.39 is 23.0 Å². The van der Waals surface area contributed by atoms with Gasteiger partial charge in [0.2, 0.25) is 0 Å². The van der Waals surface area contributed by atoms with Crippen molar-refractivity contribution < 1.29 is 19.2 Å². The molecular weight excluding hydrogens is 372 g/mol. The lowest BCUT2D eigenvalue weighted by molar-refractivity contribution is -0.386. The van der Waals surface area contributed by atoms with Crippen molar-refractivity contribution in [2.75, 3.05) is 6.61 Å². The Hall–Kier alpha value is -3.06. The van der Waals surface area contributed by atoms with Crippen LogP contribution >= 0.6 is 0 Å². The normalized spacial score (nSPS) is 20.8. The van der Waals surface area contributed by atoms with Gasteiger partial charge in [-0.05, 0) is 19.4 Å². The molecule has 2 aromatic rings. The molecule has 0 amide bonds. The zero-order chi connectivity index (χ0) is 21.0. The Kier molecular flexibility index (Phi) is 6.39. The van der Waals surface area contributed by atoms with Gasteiger partial charge in [0.1, 0.15) is 11.8 Å². The minimum atomic E-state index is -0.795. The average Bonchev–Trinajstić information content (AvgIpc) is 2.73. The molecule has 1 aliphatic heterocycles. The van der Waals surface area contributed by atoms with Crippen LogP contribution in [0.15, 0.2) is 54.6 Å². The maximum absolute atomic E-state index is 12.7. The number of ketones is 1. The summed E-state index contributed by atoms with van der Waals surface area (Å²) in [6, 6.07) is 14.4. The van der Waals surface area contributed by atoms with Crippen LogP contribution in [0.4, 0.5) is 5.69 Å². The third kappa shape index (κ3) is 4.35. The molecule has 7 heteroatoms. The molecule has 0 saturated carbocycles. The van der Waals surface area contributed by atoms with E-state index in [1.165, 1.54) is 6.07 Å². The number of hydrogen-bond donors (Lipinski definition) is 0. The van der Waals surface area contributed by atoms with Crippen molar-refractivity contribution >= 4 is 17.4 Å². The summed E-state index contributed by atoms with van der Waals surface area (Å²) in [5.41, 5.74) is 1.34. The monoisotopic (exact) mass is 396 g/mol. The van der Waals surface area contributed by atoms with Crippen LogP contribution < -0.4 is 0 Å². The third-order valence-corrected chi connectivity index (χ3v) is 5.34. The molecule has 0 N–H and O–H groups in total. The molecule has 0 bridgehead atoms. The molecular formula is C22H24N2O5. The van der Waals surface area contributed by atoms with E-state index in [1.54, 1.807) is 25.1 Å². The molecule has 1 aliphatic rings. The number of rotatable bonds is 6. The minimum absolute atomic E-state index is 0.0349. The molecule has 0 spiro atoms. The Labute approximate surface area is 169 Å². The highest BCUT2D eigenvalue weighted by molar-refractivity contribution is 5.88. The second kappa shape index (κ2) is 8.96. The summed E-state index contributed by atoms with van der Waals surface area (Å²) in [6.07, 6.45) is 0.144. The van der Waals surface area contributed by atoms with Crippen molar-refractivity contribution in [2.45, 2.75) is 44.8 Å². The SMILES string of the molecule is CCOC(=O)[C@H]1CC(=O)C[C@H](c2ccccc2[N+](=O)[O-])N1[C@H](C)c1ccccc1. The number of hydrogen-bond acceptors (Lipinski definition) is 6. The van der Waals surface area contributed by atoms with Crippen LogP contribution in [0, 0.1) is 10.1 Å². The van der Waals surface area contributed by atoms with E-state index in [4.69, 9.17) is 4.74 Å². The van der Waals surface area contributed by atoms with E-state index in [2.05, 4.69) is 0 Å². The number of para-hydroxylation sites is 1. The lowest BCUT2D eigenvalue weighted by atomic mass is 9.86. The third-order valence-electron chi connectivity index (χ3n) is 5.34. The van der Waals surface area contributed by atoms with Gasteiger partial charge < -0.3 is 4.74 Å². The summed E-state index contributed by atoms with van der Waals surface area (Å²) >= 11 is 0. The van der Waals surface area contributed by atoms with Gasteiger partial charge in [-0.1, -0.05) is 48.5 Å². The molecule has 29 heavy (non-hydrogen) atoms. The fraction of sp³-hybridized carbons (Fsp3) is 0.364. The molecule has 7 nitrogen and oxygen atoms in total. The Balaban J connectivity index is 2.12. The number of carbonyl (C=O) groups is 2. The first-order valence-corrected chi connectivity index (χ1v) is 9.68. The summed E-state index contributed by atoms with van der Waals surface area (Å²) in [5.74, 6) is -0.588. The number of Topliss-reactive ketones (excluding diaryl/α,β-unsaturated/α-hetero) is 1. The molecule has 3 rings (SSSR count). The smallest absolute Gasteiger partial charge is 0.323 e. The number of likely N-dealkylation sites (tertiary alicyclic amines) is 1. The van der Waals surface area contributed by atoms with Crippen LogP contribution in [0.3, 0.4) is 0 Å². The number of nitro groups is 1. The van der Waals surface area contributed by atoms with E-state index in [-0.39, 0.29) is 37.0 Å². The largest absolute Gasteiger partial charge is 0.465 e. The highest BCUT2D eigenvalue weighted by atomic mass is 16.6. The number of piperidine rings is 1. The van der Waals surface area contributed by atoms with Crippen LogP contribution in [-0.2, 0) is 14.3 Å². The summed E-state index contributed by atoms with van der Waals surface area (Å²) in [4.78, 5) is 38.4. The van der Waals surface area contributed by atoms with Crippen molar-refractivity contribution in [1.82, 2.24) is 4.90 Å².